The van der Waals surface area contributed by atoms with Gasteiger partial charge in [0.2, 0.25) is 5.91 Å². The van der Waals surface area contributed by atoms with E-state index in [-0.39, 0.29) is 17.9 Å². The summed E-state index contributed by atoms with van der Waals surface area (Å²) in [7, 11) is 1.93. The molecule has 6 heteroatoms. The molecule has 1 heterocycles. The van der Waals surface area contributed by atoms with E-state index in [0.29, 0.717) is 17.9 Å². The van der Waals surface area contributed by atoms with Crippen LogP contribution in [-0.4, -0.2) is 38.7 Å². The van der Waals surface area contributed by atoms with E-state index >= 15 is 0 Å². The predicted octanol–water partition coefficient (Wildman–Crippen LogP) is 2.94. The molecule has 27 heavy (non-hydrogen) atoms. The predicted molar refractivity (Wildman–Crippen MR) is 104 cm³/mol. The second-order valence-electron chi connectivity index (χ2n) is 8.25. The Bertz CT molecular complexity index is 758. The number of rotatable bonds is 4. The summed E-state index contributed by atoms with van der Waals surface area (Å²) in [5, 5.41) is 4.15. The highest BCUT2D eigenvalue weighted by Crippen LogP contribution is 2.42. The molecule has 2 saturated carbocycles. The molecular weight excluding hydrogens is 338 g/mol. The summed E-state index contributed by atoms with van der Waals surface area (Å²) in [6.45, 7) is 2.10. The van der Waals surface area contributed by atoms with Crippen molar-refractivity contribution in [3.8, 4) is 5.69 Å². The number of benzene rings is 1. The average Bonchev–Trinajstić information content (AvgIpc) is 3.21. The van der Waals surface area contributed by atoms with Crippen LogP contribution in [0.15, 0.2) is 36.9 Å². The van der Waals surface area contributed by atoms with Gasteiger partial charge in [-0.1, -0.05) is 18.6 Å². The number of aromatic nitrogens is 3. The van der Waals surface area contributed by atoms with Gasteiger partial charge in [0.05, 0.1) is 11.7 Å². The Labute approximate surface area is 160 Å². The van der Waals surface area contributed by atoms with Gasteiger partial charge < -0.3 is 10.6 Å². The minimum absolute atomic E-state index is 0.0396. The lowest BCUT2D eigenvalue weighted by atomic mass is 9.65. The quantitative estimate of drug-likeness (QED) is 0.901. The molecule has 0 saturated heterocycles. The summed E-state index contributed by atoms with van der Waals surface area (Å²) in [4.78, 5) is 19.1. The smallest absolute Gasteiger partial charge is 0.225 e. The number of hydrogen-bond donors (Lipinski definition) is 1. The Hall–Kier alpha value is -2.21. The largest absolute Gasteiger partial charge is 0.339 e. The molecule has 4 rings (SSSR count). The van der Waals surface area contributed by atoms with E-state index in [4.69, 9.17) is 5.73 Å². The van der Waals surface area contributed by atoms with Gasteiger partial charge in [-0.25, -0.2) is 9.67 Å². The summed E-state index contributed by atoms with van der Waals surface area (Å²) in [5.41, 5.74) is 8.48. The molecule has 2 aliphatic carbocycles. The van der Waals surface area contributed by atoms with Crippen molar-refractivity contribution in [3.63, 3.8) is 0 Å². The van der Waals surface area contributed by atoms with Gasteiger partial charge >= 0.3 is 0 Å². The molecule has 2 N–H and O–H groups in total. The first-order chi connectivity index (χ1) is 13.0. The summed E-state index contributed by atoms with van der Waals surface area (Å²) >= 11 is 0. The monoisotopic (exact) mass is 367 g/mol. The molecule has 3 unspecified atom stereocenters. The third kappa shape index (κ3) is 3.50. The third-order valence-corrected chi connectivity index (χ3v) is 6.75. The zero-order valence-electron chi connectivity index (χ0n) is 16.2. The van der Waals surface area contributed by atoms with E-state index in [1.54, 1.807) is 11.0 Å². The minimum Gasteiger partial charge on any atom is -0.339 e. The molecule has 2 aliphatic rings. The maximum Gasteiger partial charge on any atom is 0.225 e. The molecule has 1 amide bonds. The Balaban J connectivity index is 1.44. The Morgan fingerprint density at radius 2 is 1.89 bits per heavy atom. The van der Waals surface area contributed by atoms with Crippen molar-refractivity contribution >= 4 is 5.91 Å². The van der Waals surface area contributed by atoms with Crippen LogP contribution in [0.2, 0.25) is 0 Å². The van der Waals surface area contributed by atoms with Crippen LogP contribution in [0.4, 0.5) is 0 Å². The molecule has 1 aromatic carbocycles. The zero-order valence-corrected chi connectivity index (χ0v) is 16.2. The fraction of sp³-hybridized carbons (Fsp3) is 0.571. The first-order valence-corrected chi connectivity index (χ1v) is 10.0. The fourth-order valence-electron chi connectivity index (χ4n) is 4.94. The molecular formula is C21H29N5O. The number of carbonyl (C=O) groups excluding carboxylic acids is 1. The number of hydrogen-bond acceptors (Lipinski definition) is 4. The van der Waals surface area contributed by atoms with Crippen molar-refractivity contribution in [3.05, 3.63) is 42.5 Å². The topological polar surface area (TPSA) is 77.0 Å². The van der Waals surface area contributed by atoms with Crippen molar-refractivity contribution in [1.29, 1.82) is 0 Å². The van der Waals surface area contributed by atoms with Crippen molar-refractivity contribution in [2.24, 2.45) is 23.5 Å². The SMILES string of the molecule is CC(c1ccc(-n2cncn2)cc1)N(C)C(=O)C1CC2CCCC(C1)C2N. The van der Waals surface area contributed by atoms with Crippen LogP contribution in [-0.2, 0) is 4.79 Å². The van der Waals surface area contributed by atoms with E-state index in [9.17, 15) is 4.79 Å². The number of nitrogens with zero attached hydrogens (tertiary/aromatic N) is 4. The molecule has 2 aromatic rings. The second-order valence-corrected chi connectivity index (χ2v) is 8.25. The highest BCUT2D eigenvalue weighted by atomic mass is 16.2. The van der Waals surface area contributed by atoms with Crippen LogP contribution < -0.4 is 5.73 Å². The van der Waals surface area contributed by atoms with Gasteiger partial charge in [0.25, 0.3) is 0 Å². The molecule has 144 valence electrons. The Kier molecular flexibility index (Phi) is 5.00. The van der Waals surface area contributed by atoms with Gasteiger partial charge in [-0.2, -0.15) is 5.10 Å². The Morgan fingerprint density at radius 1 is 1.22 bits per heavy atom. The summed E-state index contributed by atoms with van der Waals surface area (Å²) < 4.78 is 1.73. The molecule has 3 atom stereocenters. The lowest BCUT2D eigenvalue weighted by molar-refractivity contribution is -0.139. The normalized spacial score (nSPS) is 28.6. The van der Waals surface area contributed by atoms with Crippen LogP contribution in [0.25, 0.3) is 5.69 Å². The van der Waals surface area contributed by atoms with Gasteiger partial charge in [0.1, 0.15) is 12.7 Å². The lowest BCUT2D eigenvalue weighted by Crippen LogP contribution is -2.49. The average molecular weight is 367 g/mol. The molecule has 2 bridgehead atoms. The van der Waals surface area contributed by atoms with Crippen molar-refractivity contribution in [1.82, 2.24) is 19.7 Å². The molecule has 2 fully saturated rings. The molecule has 0 radical (unpaired) electrons. The molecule has 1 aromatic heterocycles. The zero-order chi connectivity index (χ0) is 19.0. The van der Waals surface area contributed by atoms with Gasteiger partial charge in [-0.15, -0.1) is 0 Å². The molecule has 0 spiro atoms. The standard InChI is InChI=1S/C21H29N5O/c1-14(15-6-8-19(9-7-15)26-13-23-12-24-26)25(2)21(27)18-10-16-4-3-5-17(11-18)20(16)22/h6-9,12-14,16-18,20H,3-5,10-11,22H2,1-2H3. The maximum absolute atomic E-state index is 13.2. The van der Waals surface area contributed by atoms with Gasteiger partial charge in [-0.3, -0.25) is 4.79 Å². The molecule has 6 nitrogen and oxygen atoms in total. The van der Waals surface area contributed by atoms with E-state index < -0.39 is 0 Å². The number of nitrogens with two attached hydrogens (primary N) is 1. The summed E-state index contributed by atoms with van der Waals surface area (Å²) in [6.07, 6.45) is 8.76. The fourth-order valence-corrected chi connectivity index (χ4v) is 4.94. The first-order valence-electron chi connectivity index (χ1n) is 10.0. The van der Waals surface area contributed by atoms with E-state index in [1.807, 2.05) is 24.1 Å². The summed E-state index contributed by atoms with van der Waals surface area (Å²) in [6, 6.07) is 8.51. The van der Waals surface area contributed by atoms with Gasteiger partial charge in [0.15, 0.2) is 0 Å². The van der Waals surface area contributed by atoms with Crippen LogP contribution in [0.1, 0.15) is 50.6 Å². The van der Waals surface area contributed by atoms with Crippen molar-refractivity contribution in [2.45, 2.75) is 51.1 Å². The van der Waals surface area contributed by atoms with E-state index in [2.05, 4.69) is 29.1 Å². The highest BCUT2D eigenvalue weighted by Gasteiger charge is 2.41. The van der Waals surface area contributed by atoms with Crippen LogP contribution in [0, 0.1) is 17.8 Å². The summed E-state index contributed by atoms with van der Waals surface area (Å²) in [5.74, 6) is 1.45. The molecule has 0 aliphatic heterocycles. The van der Waals surface area contributed by atoms with Crippen molar-refractivity contribution < 1.29 is 4.79 Å². The lowest BCUT2D eigenvalue weighted by Gasteiger charge is -2.44. The maximum atomic E-state index is 13.2. The number of fused-ring (bicyclic) bond motifs is 2. The second kappa shape index (κ2) is 7.43. The van der Waals surface area contributed by atoms with Gasteiger partial charge in [-0.05, 0) is 62.1 Å². The van der Waals surface area contributed by atoms with Crippen LogP contribution >= 0.6 is 0 Å². The van der Waals surface area contributed by atoms with Crippen LogP contribution in [0.5, 0.6) is 0 Å². The van der Waals surface area contributed by atoms with Crippen LogP contribution in [0.3, 0.4) is 0 Å². The van der Waals surface area contributed by atoms with Crippen molar-refractivity contribution in [2.75, 3.05) is 7.05 Å². The number of carbonyl (C=O) groups is 1. The van der Waals surface area contributed by atoms with E-state index in [0.717, 1.165) is 24.1 Å². The van der Waals surface area contributed by atoms with Gasteiger partial charge in [0, 0.05) is 19.0 Å². The number of amides is 1. The van der Waals surface area contributed by atoms with E-state index in [1.165, 1.54) is 25.6 Å². The Morgan fingerprint density at radius 3 is 2.48 bits per heavy atom. The first kappa shape index (κ1) is 18.2. The third-order valence-electron chi connectivity index (χ3n) is 6.75. The minimum atomic E-state index is 0.0396. The highest BCUT2D eigenvalue weighted by molar-refractivity contribution is 5.79.